The van der Waals surface area contributed by atoms with E-state index in [1.807, 2.05) is 32.9 Å². The SMILES string of the molecule is C=CCN(C)C(=O)[C@@H]1[C@@H]2CCC3(S2)C(C(=O)N(CC=C)c2c(C)cccc2Cl)N([C@@H](CO)C(C)C)C(=O)[C@H]13. The minimum atomic E-state index is -0.840. The fourth-order valence-electron chi connectivity index (χ4n) is 6.70. The predicted molar refractivity (Wildman–Crippen MR) is 153 cm³/mol. The fraction of sp³-hybridized carbons (Fsp3) is 0.552. The van der Waals surface area contributed by atoms with Gasteiger partial charge in [-0.1, -0.05) is 49.7 Å². The van der Waals surface area contributed by atoms with Gasteiger partial charge in [-0.25, -0.2) is 0 Å². The summed E-state index contributed by atoms with van der Waals surface area (Å²) >= 11 is 8.24. The topological polar surface area (TPSA) is 81.2 Å². The molecule has 0 aliphatic carbocycles. The van der Waals surface area contributed by atoms with Gasteiger partial charge < -0.3 is 19.8 Å². The van der Waals surface area contributed by atoms with Crippen LogP contribution >= 0.6 is 23.4 Å². The molecule has 4 rings (SSSR count). The zero-order valence-corrected chi connectivity index (χ0v) is 24.2. The number of hydrogen-bond acceptors (Lipinski definition) is 5. The molecule has 2 unspecified atom stereocenters. The van der Waals surface area contributed by atoms with Crippen LogP contribution in [0.5, 0.6) is 0 Å². The highest BCUT2D eigenvalue weighted by molar-refractivity contribution is 8.02. The van der Waals surface area contributed by atoms with Gasteiger partial charge >= 0.3 is 0 Å². The van der Waals surface area contributed by atoms with Gasteiger partial charge in [0.25, 0.3) is 5.91 Å². The summed E-state index contributed by atoms with van der Waals surface area (Å²) in [6.07, 6.45) is 4.73. The number of para-hydroxylation sites is 1. The van der Waals surface area contributed by atoms with Gasteiger partial charge in [-0.3, -0.25) is 14.4 Å². The Balaban J connectivity index is 1.86. The first-order valence-electron chi connectivity index (χ1n) is 13.2. The van der Waals surface area contributed by atoms with Crippen LogP contribution in [0.15, 0.2) is 43.5 Å². The maximum absolute atomic E-state index is 14.7. The third kappa shape index (κ3) is 4.38. The predicted octanol–water partition coefficient (Wildman–Crippen LogP) is 3.92. The molecule has 7 nitrogen and oxygen atoms in total. The molecule has 6 atom stereocenters. The van der Waals surface area contributed by atoms with Crippen molar-refractivity contribution in [2.24, 2.45) is 17.8 Å². The molecule has 3 saturated heterocycles. The zero-order valence-electron chi connectivity index (χ0n) is 22.6. The lowest BCUT2D eigenvalue weighted by atomic mass is 9.70. The molecule has 0 aromatic heterocycles. The molecule has 0 saturated carbocycles. The number of likely N-dealkylation sites (N-methyl/N-ethyl adjacent to an activating group) is 1. The van der Waals surface area contributed by atoms with Crippen molar-refractivity contribution in [3.63, 3.8) is 0 Å². The van der Waals surface area contributed by atoms with Crippen LogP contribution < -0.4 is 4.90 Å². The molecule has 2 bridgehead atoms. The first-order valence-corrected chi connectivity index (χ1v) is 14.5. The Morgan fingerprint density at radius 2 is 1.95 bits per heavy atom. The van der Waals surface area contributed by atoms with Gasteiger partial charge in [0.15, 0.2) is 0 Å². The van der Waals surface area contributed by atoms with Crippen LogP contribution in [0.25, 0.3) is 0 Å². The standard InChI is InChI=1S/C29H38ClN3O4S/c1-7-14-31(6)26(35)22-21-12-13-29(38-21)23(22)27(36)33(20(16-34)17(3)4)25(29)28(37)32(15-8-2)24-18(5)10-9-11-19(24)30/h7-11,17,20-23,25,34H,1-2,12-16H2,3-6H3/t20-,21-,22+,23-,25?,29?/m0/s1. The zero-order chi connectivity index (χ0) is 27.9. The van der Waals surface area contributed by atoms with Gasteiger partial charge in [-0.05, 0) is 37.3 Å². The van der Waals surface area contributed by atoms with Crippen molar-refractivity contribution < 1.29 is 19.5 Å². The Bertz CT molecular complexity index is 1120. The number of halogens is 1. The van der Waals surface area contributed by atoms with Crippen molar-refractivity contribution in [2.75, 3.05) is 31.6 Å². The molecule has 38 heavy (non-hydrogen) atoms. The van der Waals surface area contributed by atoms with E-state index in [0.717, 1.165) is 12.0 Å². The van der Waals surface area contributed by atoms with Crippen LogP contribution in [-0.2, 0) is 14.4 Å². The van der Waals surface area contributed by atoms with Gasteiger partial charge in [-0.15, -0.1) is 24.9 Å². The first kappa shape index (κ1) is 28.7. The lowest BCUT2D eigenvalue weighted by Gasteiger charge is -2.41. The second-order valence-corrected chi connectivity index (χ2v) is 13.0. The number of rotatable bonds is 10. The highest BCUT2D eigenvalue weighted by Crippen LogP contribution is 2.67. The first-order chi connectivity index (χ1) is 18.0. The molecule has 1 N–H and O–H groups in total. The number of fused-ring (bicyclic) bond motifs is 1. The van der Waals surface area contributed by atoms with Crippen LogP contribution in [0, 0.1) is 24.7 Å². The molecule has 1 spiro atoms. The fourth-order valence-corrected chi connectivity index (χ4v) is 9.22. The minimum Gasteiger partial charge on any atom is -0.394 e. The average molecular weight is 560 g/mol. The molecule has 3 aliphatic rings. The molecule has 3 fully saturated rings. The third-order valence-electron chi connectivity index (χ3n) is 8.39. The van der Waals surface area contributed by atoms with Crippen molar-refractivity contribution in [1.82, 2.24) is 9.80 Å². The lowest BCUT2D eigenvalue weighted by molar-refractivity contribution is -0.145. The normalized spacial score (nSPS) is 28.4. The number of anilines is 1. The van der Waals surface area contributed by atoms with E-state index in [-0.39, 0.29) is 42.0 Å². The van der Waals surface area contributed by atoms with E-state index in [9.17, 15) is 19.5 Å². The van der Waals surface area contributed by atoms with Crippen LogP contribution in [0.1, 0.15) is 32.3 Å². The lowest BCUT2D eigenvalue weighted by Crippen LogP contribution is -2.58. The van der Waals surface area contributed by atoms with Crippen molar-refractivity contribution in [3.05, 3.63) is 54.1 Å². The maximum atomic E-state index is 14.7. The monoisotopic (exact) mass is 559 g/mol. The van der Waals surface area contributed by atoms with E-state index in [0.29, 0.717) is 23.7 Å². The molecule has 1 aromatic carbocycles. The number of thioether (sulfide) groups is 1. The van der Waals surface area contributed by atoms with E-state index in [2.05, 4.69) is 13.2 Å². The van der Waals surface area contributed by atoms with Gasteiger partial charge in [0.2, 0.25) is 11.8 Å². The summed E-state index contributed by atoms with van der Waals surface area (Å²) in [5, 5.41) is 10.8. The average Bonchev–Trinajstić information content (AvgIpc) is 3.51. The summed E-state index contributed by atoms with van der Waals surface area (Å²) in [5.41, 5.74) is 1.43. The van der Waals surface area contributed by atoms with Crippen molar-refractivity contribution >= 4 is 46.8 Å². The highest BCUT2D eigenvalue weighted by Gasteiger charge is 2.74. The largest absolute Gasteiger partial charge is 0.394 e. The van der Waals surface area contributed by atoms with E-state index in [1.165, 1.54) is 0 Å². The Kier molecular flexibility index (Phi) is 8.36. The van der Waals surface area contributed by atoms with Crippen molar-refractivity contribution in [3.8, 4) is 0 Å². The van der Waals surface area contributed by atoms with Crippen LogP contribution in [-0.4, -0.2) is 81.5 Å². The number of carbonyl (C=O) groups excluding carboxylic acids is 3. The Labute approximate surface area is 234 Å². The number of carbonyl (C=O) groups is 3. The number of aryl methyl sites for hydroxylation is 1. The number of hydrogen-bond donors (Lipinski definition) is 1. The van der Waals surface area contributed by atoms with Gasteiger partial charge in [0.05, 0.1) is 39.9 Å². The summed E-state index contributed by atoms with van der Waals surface area (Å²) in [6.45, 7) is 13.7. The van der Waals surface area contributed by atoms with E-state index in [4.69, 9.17) is 11.6 Å². The summed E-state index contributed by atoms with van der Waals surface area (Å²) in [4.78, 5) is 47.5. The molecule has 9 heteroatoms. The third-order valence-corrected chi connectivity index (χ3v) is 10.6. The van der Waals surface area contributed by atoms with Crippen LogP contribution in [0.3, 0.4) is 0 Å². The molecule has 3 aliphatic heterocycles. The summed E-state index contributed by atoms with van der Waals surface area (Å²) in [7, 11) is 1.73. The number of likely N-dealkylation sites (tertiary alicyclic amines) is 1. The number of amides is 3. The van der Waals surface area contributed by atoms with Gasteiger partial charge in [0, 0.05) is 25.4 Å². The Morgan fingerprint density at radius 1 is 1.26 bits per heavy atom. The van der Waals surface area contributed by atoms with Gasteiger partial charge in [-0.2, -0.15) is 0 Å². The highest BCUT2D eigenvalue weighted by atomic mass is 35.5. The maximum Gasteiger partial charge on any atom is 0.251 e. The van der Waals surface area contributed by atoms with E-state index < -0.39 is 28.7 Å². The number of aliphatic hydroxyl groups excluding tert-OH is 1. The number of nitrogens with zero attached hydrogens (tertiary/aromatic N) is 3. The van der Waals surface area contributed by atoms with E-state index in [1.54, 1.807) is 51.7 Å². The van der Waals surface area contributed by atoms with Crippen molar-refractivity contribution in [1.29, 1.82) is 0 Å². The van der Waals surface area contributed by atoms with Crippen LogP contribution in [0.2, 0.25) is 5.02 Å². The summed E-state index contributed by atoms with van der Waals surface area (Å²) in [6, 6.07) is 4.08. The Hall–Kier alpha value is -2.29. The van der Waals surface area contributed by atoms with Crippen molar-refractivity contribution in [2.45, 2.75) is 55.7 Å². The summed E-state index contributed by atoms with van der Waals surface area (Å²) in [5.74, 6) is -1.81. The minimum absolute atomic E-state index is 0.0392. The summed E-state index contributed by atoms with van der Waals surface area (Å²) < 4.78 is -0.759. The molecule has 3 amide bonds. The van der Waals surface area contributed by atoms with Gasteiger partial charge in [0.1, 0.15) is 6.04 Å². The van der Waals surface area contributed by atoms with Crippen LogP contribution in [0.4, 0.5) is 5.69 Å². The number of benzene rings is 1. The molecular weight excluding hydrogens is 522 g/mol. The molecular formula is C29H38ClN3O4S. The molecule has 1 aromatic rings. The second-order valence-electron chi connectivity index (χ2n) is 10.9. The molecule has 206 valence electrons. The number of aliphatic hydroxyl groups is 1. The molecule has 0 radical (unpaired) electrons. The Morgan fingerprint density at radius 3 is 2.53 bits per heavy atom. The smallest absolute Gasteiger partial charge is 0.251 e. The molecule has 3 heterocycles. The second kappa shape index (κ2) is 11.1. The quantitative estimate of drug-likeness (QED) is 0.439. The van der Waals surface area contributed by atoms with E-state index >= 15 is 0 Å².